The molecular weight excluding hydrogens is 327 g/mol. The summed E-state index contributed by atoms with van der Waals surface area (Å²) in [5.74, 6) is 0. The zero-order valence-electron chi connectivity index (χ0n) is 9.18. The Morgan fingerprint density at radius 1 is 1.25 bits per heavy atom. The van der Waals surface area contributed by atoms with E-state index in [0.717, 1.165) is 15.8 Å². The fourth-order valence-corrected chi connectivity index (χ4v) is 5.52. The molecule has 0 amide bonds. The van der Waals surface area contributed by atoms with Crippen molar-refractivity contribution in [2.45, 2.75) is 19.6 Å². The average molecular weight is 338 g/mol. The van der Waals surface area contributed by atoms with Crippen molar-refractivity contribution in [1.82, 2.24) is 9.22 Å². The van der Waals surface area contributed by atoms with Crippen molar-refractivity contribution >= 4 is 58.4 Å². The Balaban J connectivity index is 2.88. The normalized spacial score (nSPS) is 12.4. The van der Waals surface area contributed by atoms with Gasteiger partial charge in [0.05, 0.1) is 15.6 Å². The third-order valence-corrected chi connectivity index (χ3v) is 5.80. The van der Waals surface area contributed by atoms with E-state index in [-0.39, 0.29) is 0 Å². The molecule has 2 aromatic rings. The number of nitrogens with zero attached hydrogens (tertiary/aromatic N) is 2. The van der Waals surface area contributed by atoms with Crippen LogP contribution in [0.1, 0.15) is 0 Å². The average Bonchev–Trinajstić information content (AvgIpc) is 2.48. The van der Waals surface area contributed by atoms with Gasteiger partial charge in [-0.2, -0.15) is 0 Å². The number of aromatic nitrogens is 2. The molecule has 0 spiro atoms. The highest BCUT2D eigenvalue weighted by Crippen LogP contribution is 2.33. The summed E-state index contributed by atoms with van der Waals surface area (Å²) in [6.45, 7) is 6.75. The van der Waals surface area contributed by atoms with Crippen LogP contribution in [0.15, 0.2) is 16.9 Å². The molecule has 0 radical (unpaired) electrons. The number of hydrogen-bond donors (Lipinski definition) is 0. The molecule has 86 valence electrons. The van der Waals surface area contributed by atoms with Crippen LogP contribution in [-0.2, 0) is 0 Å². The van der Waals surface area contributed by atoms with E-state index in [2.05, 4.69) is 44.8 Å². The monoisotopic (exact) mass is 336 g/mol. The highest BCUT2D eigenvalue weighted by molar-refractivity contribution is 9.10. The van der Waals surface area contributed by atoms with Gasteiger partial charge in [0.15, 0.2) is 13.0 Å². The molecule has 0 aliphatic heterocycles. The minimum Gasteiger partial charge on any atom is -0.347 e. The van der Waals surface area contributed by atoms with Crippen molar-refractivity contribution in [2.75, 3.05) is 0 Å². The number of imidazole rings is 1. The van der Waals surface area contributed by atoms with E-state index < -0.39 is 8.24 Å². The fourth-order valence-electron chi connectivity index (χ4n) is 1.70. The molecule has 2 rings (SSSR count). The van der Waals surface area contributed by atoms with Gasteiger partial charge >= 0.3 is 0 Å². The third kappa shape index (κ3) is 1.92. The van der Waals surface area contributed by atoms with Gasteiger partial charge in [-0.1, -0.05) is 42.8 Å². The van der Waals surface area contributed by atoms with E-state index in [1.165, 1.54) is 0 Å². The zero-order valence-corrected chi connectivity index (χ0v) is 13.3. The second-order valence-corrected chi connectivity index (χ2v) is 10.9. The maximum Gasteiger partial charge on any atom is 0.170 e. The van der Waals surface area contributed by atoms with Crippen molar-refractivity contribution in [3.8, 4) is 0 Å². The Labute approximate surface area is 114 Å². The van der Waals surface area contributed by atoms with Gasteiger partial charge in [0.25, 0.3) is 0 Å². The molecule has 0 bridgehead atoms. The first kappa shape index (κ1) is 12.4. The molecule has 1 aromatic heterocycles. The molecule has 0 fully saturated rings. The number of benzene rings is 1. The van der Waals surface area contributed by atoms with Crippen molar-refractivity contribution in [1.29, 1.82) is 0 Å². The first-order valence-electron chi connectivity index (χ1n) is 4.85. The predicted octanol–water partition coefficient (Wildman–Crippen LogP) is 4.79. The van der Waals surface area contributed by atoms with E-state index >= 15 is 0 Å². The predicted molar refractivity (Wildman–Crippen MR) is 76.2 cm³/mol. The maximum absolute atomic E-state index is 6.15. The topological polar surface area (TPSA) is 17.8 Å². The number of hydrogen-bond acceptors (Lipinski definition) is 1. The lowest BCUT2D eigenvalue weighted by molar-refractivity contribution is 1.10. The van der Waals surface area contributed by atoms with Gasteiger partial charge in [-0.25, -0.2) is 4.98 Å². The first-order valence-corrected chi connectivity index (χ1v) is 9.84. The van der Waals surface area contributed by atoms with Gasteiger partial charge in [-0.15, -0.1) is 0 Å². The maximum atomic E-state index is 6.15. The van der Waals surface area contributed by atoms with E-state index in [9.17, 15) is 0 Å². The van der Waals surface area contributed by atoms with Gasteiger partial charge in [-0.3, -0.25) is 0 Å². The summed E-state index contributed by atoms with van der Waals surface area (Å²) in [5, 5.41) is 1.07. The molecule has 0 N–H and O–H groups in total. The Kier molecular flexibility index (Phi) is 3.12. The lowest BCUT2D eigenvalue weighted by atomic mass is 10.3. The van der Waals surface area contributed by atoms with Gasteiger partial charge in [0.1, 0.15) is 5.52 Å². The van der Waals surface area contributed by atoms with Crippen molar-refractivity contribution < 1.29 is 0 Å². The van der Waals surface area contributed by atoms with Crippen LogP contribution in [0, 0.1) is 0 Å². The van der Waals surface area contributed by atoms with Gasteiger partial charge in [-0.05, 0) is 28.1 Å². The van der Waals surface area contributed by atoms with Crippen LogP contribution in [0.4, 0.5) is 0 Å². The quantitative estimate of drug-likeness (QED) is 0.684. The summed E-state index contributed by atoms with van der Waals surface area (Å²) >= 11 is 15.6. The Morgan fingerprint density at radius 3 is 2.44 bits per heavy atom. The van der Waals surface area contributed by atoms with Crippen LogP contribution in [0.25, 0.3) is 11.0 Å². The van der Waals surface area contributed by atoms with Gasteiger partial charge in [0, 0.05) is 0 Å². The summed E-state index contributed by atoms with van der Waals surface area (Å²) in [7, 11) is -1.52. The van der Waals surface area contributed by atoms with E-state index in [4.69, 9.17) is 23.2 Å². The summed E-state index contributed by atoms with van der Waals surface area (Å²) in [6, 6.07) is 3.79. The fraction of sp³-hybridized carbons (Fsp3) is 0.300. The van der Waals surface area contributed by atoms with Crippen molar-refractivity contribution in [3.63, 3.8) is 0 Å². The van der Waals surface area contributed by atoms with Crippen LogP contribution < -0.4 is 0 Å². The van der Waals surface area contributed by atoms with E-state index in [0.29, 0.717) is 10.0 Å². The van der Waals surface area contributed by atoms with Crippen molar-refractivity contribution in [2.24, 2.45) is 0 Å². The molecule has 0 unspecified atom stereocenters. The smallest absolute Gasteiger partial charge is 0.170 e. The van der Waals surface area contributed by atoms with Gasteiger partial charge in [0.2, 0.25) is 0 Å². The highest BCUT2D eigenvalue weighted by Gasteiger charge is 2.23. The second kappa shape index (κ2) is 4.01. The standard InChI is InChI=1S/C10H11BrCl2N2Si/c1-16(2,3)15-7-5-4-6(12)8(13)9(7)14-10(15)11/h4-5H,1-3H3. The van der Waals surface area contributed by atoms with Gasteiger partial charge < -0.3 is 4.23 Å². The molecule has 6 heteroatoms. The lowest BCUT2D eigenvalue weighted by Gasteiger charge is -2.20. The molecule has 1 heterocycles. The highest BCUT2D eigenvalue weighted by atomic mass is 79.9. The minimum absolute atomic E-state index is 0.525. The number of halogens is 3. The van der Waals surface area contributed by atoms with E-state index in [1.807, 2.05) is 12.1 Å². The number of rotatable bonds is 1. The van der Waals surface area contributed by atoms with Crippen LogP contribution in [0.3, 0.4) is 0 Å². The van der Waals surface area contributed by atoms with E-state index in [1.54, 1.807) is 0 Å². The molecule has 0 aliphatic rings. The largest absolute Gasteiger partial charge is 0.347 e. The number of fused-ring (bicyclic) bond motifs is 1. The van der Waals surface area contributed by atoms with Crippen molar-refractivity contribution in [3.05, 3.63) is 26.9 Å². The second-order valence-electron chi connectivity index (χ2n) is 4.62. The Morgan fingerprint density at radius 2 is 1.88 bits per heavy atom. The molecule has 16 heavy (non-hydrogen) atoms. The molecule has 0 saturated carbocycles. The molecular formula is C10H11BrCl2N2Si. The summed E-state index contributed by atoms with van der Waals surface area (Å²) in [5.41, 5.74) is 1.81. The summed E-state index contributed by atoms with van der Waals surface area (Å²) in [4.78, 5) is 4.44. The molecule has 0 aliphatic carbocycles. The van der Waals surface area contributed by atoms with Crippen LogP contribution in [0.2, 0.25) is 29.7 Å². The SMILES string of the molecule is C[Si](C)(C)n1c(Br)nc2c(Cl)c(Cl)ccc21. The Hall–Kier alpha value is -0.0331. The molecule has 0 atom stereocenters. The molecule has 2 nitrogen and oxygen atoms in total. The van der Waals surface area contributed by atoms with Crippen LogP contribution >= 0.6 is 39.1 Å². The lowest BCUT2D eigenvalue weighted by Crippen LogP contribution is -2.32. The first-order chi connectivity index (χ1) is 7.32. The third-order valence-electron chi connectivity index (χ3n) is 2.35. The summed E-state index contributed by atoms with van der Waals surface area (Å²) < 4.78 is 3.05. The molecule has 1 aromatic carbocycles. The Bertz CT molecular complexity index is 560. The molecule has 0 saturated heterocycles. The zero-order chi connectivity index (χ0) is 12.1. The summed E-state index contributed by atoms with van der Waals surface area (Å²) in [6.07, 6.45) is 0. The minimum atomic E-state index is -1.52. The van der Waals surface area contributed by atoms with Crippen LogP contribution in [0.5, 0.6) is 0 Å². The van der Waals surface area contributed by atoms with Crippen LogP contribution in [-0.4, -0.2) is 17.5 Å².